The molecule has 0 saturated carbocycles. The Hall–Kier alpha value is -2.31. The molecule has 1 N–H and O–H groups in total. The topological polar surface area (TPSA) is 34.2 Å². The van der Waals surface area contributed by atoms with Crippen LogP contribution in [0.1, 0.15) is 5.56 Å². The van der Waals surface area contributed by atoms with Crippen LogP contribution in [0.5, 0.6) is 11.5 Å². The van der Waals surface area contributed by atoms with Crippen LogP contribution in [0.15, 0.2) is 36.7 Å². The van der Waals surface area contributed by atoms with Crippen LogP contribution in [-0.4, -0.2) is 12.0 Å². The second-order valence-electron chi connectivity index (χ2n) is 3.90. The van der Waals surface area contributed by atoms with Crippen LogP contribution in [0.2, 0.25) is 0 Å². The fourth-order valence-electron chi connectivity index (χ4n) is 1.53. The van der Waals surface area contributed by atoms with E-state index in [2.05, 4.69) is 10.3 Å². The number of aromatic nitrogens is 1. The molecular weight excluding hydrogens is 276 g/mol. The Morgan fingerprint density at radius 3 is 2.50 bits per heavy atom. The highest BCUT2D eigenvalue weighted by molar-refractivity contribution is 5.46. The first-order valence-electron chi connectivity index (χ1n) is 5.57. The molecule has 1 heterocycles. The summed E-state index contributed by atoms with van der Waals surface area (Å²) in [6.45, 7) is 0. The third-order valence-corrected chi connectivity index (χ3v) is 2.48. The number of pyridine rings is 1. The summed E-state index contributed by atoms with van der Waals surface area (Å²) >= 11 is 0. The number of rotatable bonds is 3. The summed E-state index contributed by atoms with van der Waals surface area (Å²) in [5.74, 6) is -1.21. The van der Waals surface area contributed by atoms with Crippen molar-refractivity contribution in [2.24, 2.45) is 0 Å². The van der Waals surface area contributed by atoms with Gasteiger partial charge >= 0.3 is 6.18 Å². The molecule has 0 amide bonds. The predicted molar refractivity (Wildman–Crippen MR) is 65.3 cm³/mol. The fourth-order valence-corrected chi connectivity index (χ4v) is 1.53. The first kappa shape index (κ1) is 14.1. The molecule has 0 unspecified atom stereocenters. The Kier molecular flexibility index (Phi) is 3.78. The van der Waals surface area contributed by atoms with Crippen LogP contribution in [-0.2, 0) is 6.18 Å². The number of ether oxygens (including phenoxy) is 1. The summed E-state index contributed by atoms with van der Waals surface area (Å²) < 4.78 is 56.1. The Bertz CT molecular complexity index is 614. The van der Waals surface area contributed by atoms with Crippen molar-refractivity contribution in [3.63, 3.8) is 0 Å². The number of anilines is 1. The average molecular weight is 286 g/mol. The first-order valence-corrected chi connectivity index (χ1v) is 5.57. The van der Waals surface area contributed by atoms with Gasteiger partial charge in [-0.25, -0.2) is 4.39 Å². The van der Waals surface area contributed by atoms with E-state index in [1.54, 1.807) is 13.1 Å². The molecule has 2 aromatic rings. The van der Waals surface area contributed by atoms with E-state index in [4.69, 9.17) is 4.74 Å². The number of hydrogen-bond acceptors (Lipinski definition) is 3. The highest BCUT2D eigenvalue weighted by Gasteiger charge is 2.34. The van der Waals surface area contributed by atoms with Gasteiger partial charge in [-0.15, -0.1) is 0 Å². The van der Waals surface area contributed by atoms with Crippen molar-refractivity contribution in [1.29, 1.82) is 0 Å². The van der Waals surface area contributed by atoms with Gasteiger partial charge < -0.3 is 10.1 Å². The Labute approximate surface area is 112 Å². The lowest BCUT2D eigenvalue weighted by atomic mass is 10.2. The number of hydrogen-bond donors (Lipinski definition) is 1. The fraction of sp³-hybridized carbons (Fsp3) is 0.154. The van der Waals surface area contributed by atoms with Gasteiger partial charge in [0.15, 0.2) is 0 Å². The van der Waals surface area contributed by atoms with Crippen LogP contribution in [0.3, 0.4) is 0 Å². The lowest BCUT2D eigenvalue weighted by molar-refractivity contribution is -0.140. The Morgan fingerprint density at radius 1 is 1.10 bits per heavy atom. The third kappa shape index (κ3) is 3.17. The van der Waals surface area contributed by atoms with Gasteiger partial charge in [0.2, 0.25) is 0 Å². The van der Waals surface area contributed by atoms with Crippen molar-refractivity contribution in [2.75, 3.05) is 12.4 Å². The van der Waals surface area contributed by atoms with Gasteiger partial charge in [0, 0.05) is 13.1 Å². The molecule has 0 bridgehead atoms. The van der Waals surface area contributed by atoms with Crippen molar-refractivity contribution < 1.29 is 22.3 Å². The molecule has 0 saturated heterocycles. The monoisotopic (exact) mass is 286 g/mol. The van der Waals surface area contributed by atoms with Gasteiger partial charge in [0.05, 0.1) is 23.6 Å². The van der Waals surface area contributed by atoms with E-state index in [0.717, 1.165) is 6.07 Å². The predicted octanol–water partition coefficient (Wildman–Crippen LogP) is 4.07. The van der Waals surface area contributed by atoms with Gasteiger partial charge in [-0.1, -0.05) is 0 Å². The number of benzene rings is 1. The minimum absolute atomic E-state index is 0.117. The molecule has 1 aromatic heterocycles. The van der Waals surface area contributed by atoms with Crippen LogP contribution in [0.4, 0.5) is 23.2 Å². The zero-order valence-electron chi connectivity index (χ0n) is 10.3. The average Bonchev–Trinajstić information content (AvgIpc) is 2.40. The van der Waals surface area contributed by atoms with Crippen molar-refractivity contribution >= 4 is 5.69 Å². The third-order valence-electron chi connectivity index (χ3n) is 2.48. The van der Waals surface area contributed by atoms with E-state index in [-0.39, 0.29) is 11.5 Å². The first-order chi connectivity index (χ1) is 9.40. The number of nitrogens with one attached hydrogen (secondary N) is 1. The summed E-state index contributed by atoms with van der Waals surface area (Å²) in [5.41, 5.74) is -0.728. The van der Waals surface area contributed by atoms with Crippen molar-refractivity contribution in [1.82, 2.24) is 4.98 Å². The molecule has 3 nitrogen and oxygen atoms in total. The molecular formula is C13H10F4N2O. The molecule has 106 valence electrons. The number of halogens is 4. The summed E-state index contributed by atoms with van der Waals surface area (Å²) in [7, 11) is 1.67. The molecule has 20 heavy (non-hydrogen) atoms. The SMILES string of the molecule is CNc1cncc(Oc2ccc(F)c(C(F)(F)F)c2)c1. The van der Waals surface area contributed by atoms with Gasteiger partial charge in [-0.3, -0.25) is 4.98 Å². The second kappa shape index (κ2) is 5.36. The maximum Gasteiger partial charge on any atom is 0.419 e. The lowest BCUT2D eigenvalue weighted by Crippen LogP contribution is -2.08. The maximum absolute atomic E-state index is 13.1. The van der Waals surface area contributed by atoms with Gasteiger partial charge in [0.1, 0.15) is 17.3 Å². The van der Waals surface area contributed by atoms with Crippen LogP contribution in [0, 0.1) is 5.82 Å². The molecule has 0 radical (unpaired) electrons. The van der Waals surface area contributed by atoms with Crippen molar-refractivity contribution in [3.05, 3.63) is 48.0 Å². The summed E-state index contributed by atoms with van der Waals surface area (Å²) in [6.07, 6.45) is -1.90. The molecule has 2 rings (SSSR count). The highest BCUT2D eigenvalue weighted by Crippen LogP contribution is 2.34. The molecule has 0 aliphatic rings. The van der Waals surface area contributed by atoms with Crippen LogP contribution < -0.4 is 10.1 Å². The zero-order valence-corrected chi connectivity index (χ0v) is 10.3. The molecule has 7 heteroatoms. The summed E-state index contributed by atoms with van der Waals surface area (Å²) in [4.78, 5) is 3.86. The molecule has 1 aromatic carbocycles. The van der Waals surface area contributed by atoms with Crippen molar-refractivity contribution in [3.8, 4) is 11.5 Å². The van der Waals surface area contributed by atoms with E-state index in [9.17, 15) is 17.6 Å². The largest absolute Gasteiger partial charge is 0.456 e. The van der Waals surface area contributed by atoms with E-state index in [1.165, 1.54) is 12.4 Å². The normalized spacial score (nSPS) is 11.2. The molecule has 0 spiro atoms. The van der Waals surface area contributed by atoms with E-state index >= 15 is 0 Å². The Balaban J connectivity index is 2.30. The van der Waals surface area contributed by atoms with Crippen molar-refractivity contribution in [2.45, 2.75) is 6.18 Å². The quantitative estimate of drug-likeness (QED) is 0.863. The standard InChI is InChI=1S/C13H10F4N2O/c1-18-8-4-10(7-19-6-8)20-9-2-3-12(14)11(5-9)13(15,16)17/h2-7,18H,1H3. The second-order valence-corrected chi connectivity index (χ2v) is 3.90. The highest BCUT2D eigenvalue weighted by atomic mass is 19.4. The maximum atomic E-state index is 13.1. The lowest BCUT2D eigenvalue weighted by Gasteiger charge is -2.11. The minimum Gasteiger partial charge on any atom is -0.456 e. The summed E-state index contributed by atoms with van der Waals surface area (Å²) in [6, 6.07) is 4.01. The summed E-state index contributed by atoms with van der Waals surface area (Å²) in [5, 5.41) is 2.82. The van der Waals surface area contributed by atoms with Crippen LogP contribution in [0.25, 0.3) is 0 Å². The molecule has 0 atom stereocenters. The van der Waals surface area contributed by atoms with Gasteiger partial charge in [-0.2, -0.15) is 13.2 Å². The van der Waals surface area contributed by atoms with E-state index < -0.39 is 17.6 Å². The molecule has 0 aliphatic heterocycles. The van der Waals surface area contributed by atoms with E-state index in [0.29, 0.717) is 17.8 Å². The van der Waals surface area contributed by atoms with Gasteiger partial charge in [-0.05, 0) is 18.2 Å². The van der Waals surface area contributed by atoms with E-state index in [1.807, 2.05) is 0 Å². The molecule has 0 aliphatic carbocycles. The number of nitrogens with zero attached hydrogens (tertiary/aromatic N) is 1. The number of alkyl halides is 3. The minimum atomic E-state index is -4.77. The zero-order chi connectivity index (χ0) is 14.8. The van der Waals surface area contributed by atoms with Crippen LogP contribution >= 0.6 is 0 Å². The van der Waals surface area contributed by atoms with Gasteiger partial charge in [0.25, 0.3) is 0 Å². The smallest absolute Gasteiger partial charge is 0.419 e. The molecule has 0 fully saturated rings. The Morgan fingerprint density at radius 2 is 1.85 bits per heavy atom.